The van der Waals surface area contributed by atoms with Crippen LogP contribution in [0, 0.1) is 5.41 Å². The number of para-hydroxylation sites is 1. The monoisotopic (exact) mass is 597 g/mol. The number of benzene rings is 2. The van der Waals surface area contributed by atoms with Gasteiger partial charge in [0.05, 0.1) is 49.6 Å². The van der Waals surface area contributed by atoms with Gasteiger partial charge in [-0.1, -0.05) is 85.4 Å². The zero-order valence-electron chi connectivity index (χ0n) is 21.1. The van der Waals surface area contributed by atoms with Gasteiger partial charge in [-0.2, -0.15) is 0 Å². The SMILES string of the molecule is CCC(C)(C)C(CCCCOc1cccc2ccc(C3C(=O)c4c(Cl)c(Cl)c(Cl)c(Cl)c4C3=O)nc12)OO. The zero-order chi connectivity index (χ0) is 27.8. The van der Waals surface area contributed by atoms with E-state index in [2.05, 4.69) is 25.8 Å². The molecule has 38 heavy (non-hydrogen) atoms. The van der Waals surface area contributed by atoms with Crippen LogP contribution in [0.25, 0.3) is 10.9 Å². The Labute approximate surface area is 241 Å². The highest BCUT2D eigenvalue weighted by Crippen LogP contribution is 2.48. The molecule has 1 unspecified atom stereocenters. The molecule has 0 saturated carbocycles. The lowest BCUT2D eigenvalue weighted by molar-refractivity contribution is -0.303. The molecular weight excluding hydrogens is 572 g/mol. The molecule has 3 aromatic rings. The van der Waals surface area contributed by atoms with Crippen LogP contribution in [-0.2, 0) is 4.89 Å². The van der Waals surface area contributed by atoms with E-state index >= 15 is 0 Å². The first kappa shape index (κ1) is 29.1. The Morgan fingerprint density at radius 2 is 1.58 bits per heavy atom. The van der Waals surface area contributed by atoms with Crippen molar-refractivity contribution in [3.05, 3.63) is 67.2 Å². The summed E-state index contributed by atoms with van der Waals surface area (Å²) in [6.07, 6.45) is 2.86. The van der Waals surface area contributed by atoms with Crippen molar-refractivity contribution in [3.63, 3.8) is 0 Å². The number of nitrogens with zero attached hydrogens (tertiary/aromatic N) is 1. The van der Waals surface area contributed by atoms with Gasteiger partial charge in [0.1, 0.15) is 17.2 Å². The molecule has 202 valence electrons. The van der Waals surface area contributed by atoms with Crippen LogP contribution >= 0.6 is 46.4 Å². The fraction of sp³-hybridized carbons (Fsp3) is 0.393. The van der Waals surface area contributed by atoms with Gasteiger partial charge in [-0.15, -0.1) is 0 Å². The van der Waals surface area contributed by atoms with Crippen LogP contribution in [0.5, 0.6) is 5.75 Å². The third-order valence-corrected chi connectivity index (χ3v) is 9.12. The lowest BCUT2D eigenvalue weighted by Gasteiger charge is -2.30. The minimum atomic E-state index is -1.22. The largest absolute Gasteiger partial charge is 0.491 e. The van der Waals surface area contributed by atoms with E-state index in [-0.39, 0.29) is 48.4 Å². The van der Waals surface area contributed by atoms with E-state index in [1.807, 2.05) is 12.1 Å². The average molecular weight is 599 g/mol. The predicted molar refractivity (Wildman–Crippen MR) is 151 cm³/mol. The van der Waals surface area contributed by atoms with E-state index in [0.717, 1.165) is 24.6 Å². The molecule has 1 N–H and O–H groups in total. The van der Waals surface area contributed by atoms with Gasteiger partial charge in [0.15, 0.2) is 11.6 Å². The normalized spacial score (nSPS) is 14.8. The number of halogens is 4. The second-order valence-corrected chi connectivity index (χ2v) is 11.5. The van der Waals surface area contributed by atoms with Gasteiger partial charge in [-0.05, 0) is 43.2 Å². The van der Waals surface area contributed by atoms with Crippen LogP contribution in [0.4, 0.5) is 0 Å². The highest BCUT2D eigenvalue weighted by Gasteiger charge is 2.45. The second-order valence-electron chi connectivity index (χ2n) is 10.0. The summed E-state index contributed by atoms with van der Waals surface area (Å²) in [6, 6.07) is 8.93. The summed E-state index contributed by atoms with van der Waals surface area (Å²) in [5, 5.41) is 9.75. The first-order valence-corrected chi connectivity index (χ1v) is 13.8. The van der Waals surface area contributed by atoms with Crippen molar-refractivity contribution in [2.45, 2.75) is 58.5 Å². The molecule has 1 aliphatic rings. The van der Waals surface area contributed by atoms with E-state index in [4.69, 9.17) is 56.0 Å². The molecule has 0 spiro atoms. The van der Waals surface area contributed by atoms with Crippen molar-refractivity contribution in [2.75, 3.05) is 6.61 Å². The standard InChI is InChI=1S/C28H27Cl4NO5/c1-4-28(2,3)17(38-36)10-5-6-13-37-16-9-7-8-14-11-12-15(33-25(14)16)18-26(34)19-20(27(18)35)22(30)24(32)23(31)21(19)29/h7-9,11-12,17-18,36H,4-6,10,13H2,1-3H3. The molecule has 2 aromatic carbocycles. The molecule has 1 aliphatic carbocycles. The van der Waals surface area contributed by atoms with E-state index < -0.39 is 17.5 Å². The van der Waals surface area contributed by atoms with Crippen molar-refractivity contribution >= 4 is 68.9 Å². The maximum atomic E-state index is 13.3. The van der Waals surface area contributed by atoms with Crippen LogP contribution in [0.3, 0.4) is 0 Å². The highest BCUT2D eigenvalue weighted by molar-refractivity contribution is 6.55. The van der Waals surface area contributed by atoms with Gasteiger partial charge in [-0.3, -0.25) is 14.8 Å². The summed E-state index contributed by atoms with van der Waals surface area (Å²) in [6.45, 7) is 6.61. The molecule has 1 aromatic heterocycles. The number of carbonyl (C=O) groups excluding carboxylic acids is 2. The minimum absolute atomic E-state index is 0.0380. The first-order chi connectivity index (χ1) is 18.0. The second kappa shape index (κ2) is 11.7. The van der Waals surface area contributed by atoms with E-state index in [1.165, 1.54) is 0 Å². The molecule has 0 amide bonds. The van der Waals surface area contributed by atoms with Crippen molar-refractivity contribution in [3.8, 4) is 5.75 Å². The molecule has 10 heteroatoms. The minimum Gasteiger partial charge on any atom is -0.491 e. The number of rotatable bonds is 10. The molecule has 0 bridgehead atoms. The fourth-order valence-corrected chi connectivity index (χ4v) is 5.65. The quantitative estimate of drug-likeness (QED) is 0.0626. The van der Waals surface area contributed by atoms with Crippen LogP contribution in [-0.4, -0.2) is 34.5 Å². The number of hydrogen-bond donors (Lipinski definition) is 1. The van der Waals surface area contributed by atoms with Crippen molar-refractivity contribution < 1.29 is 24.5 Å². The van der Waals surface area contributed by atoms with Crippen LogP contribution in [0.15, 0.2) is 30.3 Å². The summed E-state index contributed by atoms with van der Waals surface area (Å²) < 4.78 is 6.04. The molecule has 6 nitrogen and oxygen atoms in total. The van der Waals surface area contributed by atoms with Gasteiger partial charge in [0, 0.05) is 5.39 Å². The van der Waals surface area contributed by atoms with Crippen LogP contribution < -0.4 is 4.74 Å². The maximum Gasteiger partial charge on any atom is 0.182 e. The van der Waals surface area contributed by atoms with Crippen LogP contribution in [0.2, 0.25) is 20.1 Å². The van der Waals surface area contributed by atoms with E-state index in [1.54, 1.807) is 18.2 Å². The maximum absolute atomic E-state index is 13.3. The molecule has 0 radical (unpaired) electrons. The molecule has 0 saturated heterocycles. The molecule has 0 aliphatic heterocycles. The van der Waals surface area contributed by atoms with E-state index in [9.17, 15) is 14.8 Å². The van der Waals surface area contributed by atoms with Gasteiger partial charge in [-0.25, -0.2) is 9.87 Å². The third-order valence-electron chi connectivity index (χ3n) is 7.31. The number of ketones is 2. The summed E-state index contributed by atoms with van der Waals surface area (Å²) in [5.74, 6) is -1.75. The number of Topliss-reactive ketones (excluding diaryl/α,β-unsaturated/α-hetero) is 2. The number of ether oxygens (including phenoxy) is 1. The van der Waals surface area contributed by atoms with Crippen molar-refractivity contribution in [1.29, 1.82) is 0 Å². The molecular formula is C28H27Cl4NO5. The third kappa shape index (κ3) is 5.27. The molecule has 1 heterocycles. The fourth-order valence-electron chi connectivity index (χ4n) is 4.61. The first-order valence-electron chi connectivity index (χ1n) is 12.3. The van der Waals surface area contributed by atoms with Gasteiger partial charge < -0.3 is 4.74 Å². The van der Waals surface area contributed by atoms with E-state index in [0.29, 0.717) is 24.3 Å². The van der Waals surface area contributed by atoms with Gasteiger partial charge in [0.2, 0.25) is 0 Å². The Morgan fingerprint density at radius 3 is 2.16 bits per heavy atom. The summed E-state index contributed by atoms with van der Waals surface area (Å²) in [5.41, 5.74) is 0.570. The Hall–Kier alpha value is -1.93. The predicted octanol–water partition coefficient (Wildman–Crippen LogP) is 8.85. The topological polar surface area (TPSA) is 85.7 Å². The molecule has 4 rings (SSSR count). The van der Waals surface area contributed by atoms with Crippen molar-refractivity contribution in [1.82, 2.24) is 4.98 Å². The Morgan fingerprint density at radius 1 is 0.947 bits per heavy atom. The number of pyridine rings is 1. The summed E-state index contributed by atoms with van der Waals surface area (Å²) in [7, 11) is 0. The Bertz CT molecular complexity index is 1360. The zero-order valence-corrected chi connectivity index (χ0v) is 24.1. The number of fused-ring (bicyclic) bond motifs is 2. The summed E-state index contributed by atoms with van der Waals surface area (Å²) in [4.78, 5) is 36.0. The molecule has 0 fully saturated rings. The Kier molecular flexibility index (Phi) is 8.92. The summed E-state index contributed by atoms with van der Waals surface area (Å²) >= 11 is 24.8. The number of aromatic nitrogens is 1. The van der Waals surface area contributed by atoms with Crippen LogP contribution in [0.1, 0.15) is 78.8 Å². The number of hydrogen-bond acceptors (Lipinski definition) is 6. The van der Waals surface area contributed by atoms with Gasteiger partial charge >= 0.3 is 0 Å². The number of carbonyl (C=O) groups is 2. The highest BCUT2D eigenvalue weighted by atomic mass is 35.5. The van der Waals surface area contributed by atoms with Crippen molar-refractivity contribution in [2.24, 2.45) is 5.41 Å². The number of unbranched alkanes of at least 4 members (excludes halogenated alkanes) is 1. The lowest BCUT2D eigenvalue weighted by Crippen LogP contribution is -2.30. The smallest absolute Gasteiger partial charge is 0.182 e. The molecule has 1 atom stereocenters. The van der Waals surface area contributed by atoms with Gasteiger partial charge in [0.25, 0.3) is 0 Å². The lowest BCUT2D eigenvalue weighted by atomic mass is 9.81. The Balaban J connectivity index is 1.54. The average Bonchev–Trinajstić information content (AvgIpc) is 3.17.